The van der Waals surface area contributed by atoms with Crippen LogP contribution in [-0.4, -0.2) is 0 Å². The molecule has 1 aromatic carbocycles. The maximum atomic E-state index is 2.24. The lowest BCUT2D eigenvalue weighted by Crippen LogP contribution is -1.75. The first-order valence-electron chi connectivity index (χ1n) is 5.05. The molecule has 1 aromatic rings. The third-order valence-corrected chi connectivity index (χ3v) is 2.32. The minimum atomic E-state index is 1.10. The average molecular weight is 182 g/mol. The first-order chi connectivity index (χ1) is 6.90. The summed E-state index contributed by atoms with van der Waals surface area (Å²) in [6.07, 6.45) is 9.92. The Kier molecular flexibility index (Phi) is 2.64. The van der Waals surface area contributed by atoms with E-state index < -0.39 is 0 Å². The predicted molar refractivity (Wildman–Crippen MR) is 61.9 cm³/mol. The largest absolute Gasteiger partial charge is 0.0775 e. The normalized spacial score (nSPS) is 17.5. The minimum Gasteiger partial charge on any atom is -0.0775 e. The van der Waals surface area contributed by atoms with Gasteiger partial charge in [0.1, 0.15) is 0 Å². The summed E-state index contributed by atoms with van der Waals surface area (Å²) in [6.45, 7) is 2.16. The molecule has 0 atom stereocenters. The highest BCUT2D eigenvalue weighted by molar-refractivity contribution is 5.81. The second-order valence-corrected chi connectivity index (χ2v) is 3.41. The van der Waals surface area contributed by atoms with E-state index in [4.69, 9.17) is 0 Å². The van der Waals surface area contributed by atoms with E-state index in [1.807, 2.05) is 6.07 Å². The zero-order valence-corrected chi connectivity index (χ0v) is 8.40. The molecular weight excluding hydrogens is 168 g/mol. The molecule has 0 saturated carbocycles. The zero-order valence-electron chi connectivity index (χ0n) is 8.40. The first-order valence-corrected chi connectivity index (χ1v) is 5.05. The van der Waals surface area contributed by atoms with Crippen LogP contribution < -0.4 is 0 Å². The first kappa shape index (κ1) is 9.01. The van der Waals surface area contributed by atoms with Gasteiger partial charge in [-0.3, -0.25) is 0 Å². The monoisotopic (exact) mass is 182 g/mol. The predicted octanol–water partition coefficient (Wildman–Crippen LogP) is 3.98. The second-order valence-electron chi connectivity index (χ2n) is 3.41. The van der Waals surface area contributed by atoms with E-state index in [9.17, 15) is 0 Å². The Morgan fingerprint density at radius 2 is 1.86 bits per heavy atom. The van der Waals surface area contributed by atoms with Crippen LogP contribution in [0.2, 0.25) is 0 Å². The van der Waals surface area contributed by atoms with Gasteiger partial charge in [0.05, 0.1) is 0 Å². The molecule has 14 heavy (non-hydrogen) atoms. The highest BCUT2D eigenvalue weighted by Gasteiger charge is 2.02. The quantitative estimate of drug-likeness (QED) is 0.649. The van der Waals surface area contributed by atoms with Crippen molar-refractivity contribution >= 4 is 5.57 Å². The minimum absolute atomic E-state index is 1.10. The van der Waals surface area contributed by atoms with Gasteiger partial charge in [-0.2, -0.15) is 0 Å². The van der Waals surface area contributed by atoms with Gasteiger partial charge in [0.15, 0.2) is 0 Å². The smallest absolute Gasteiger partial charge is 0.0178 e. The summed E-state index contributed by atoms with van der Waals surface area (Å²) in [5.74, 6) is 0. The molecular formula is C14H14. The van der Waals surface area contributed by atoms with Crippen molar-refractivity contribution in [1.29, 1.82) is 0 Å². The Morgan fingerprint density at radius 3 is 2.57 bits per heavy atom. The SMILES string of the molecule is CCC=C1C=CC(c2ccccc2)=C1. The van der Waals surface area contributed by atoms with E-state index in [-0.39, 0.29) is 0 Å². The Morgan fingerprint density at radius 1 is 1.07 bits per heavy atom. The van der Waals surface area contributed by atoms with Crippen molar-refractivity contribution in [1.82, 2.24) is 0 Å². The van der Waals surface area contributed by atoms with E-state index in [2.05, 4.69) is 55.5 Å². The molecule has 0 aliphatic heterocycles. The van der Waals surface area contributed by atoms with Gasteiger partial charge in [0.2, 0.25) is 0 Å². The van der Waals surface area contributed by atoms with Gasteiger partial charge in [-0.25, -0.2) is 0 Å². The van der Waals surface area contributed by atoms with E-state index >= 15 is 0 Å². The lowest BCUT2D eigenvalue weighted by Gasteiger charge is -1.97. The van der Waals surface area contributed by atoms with E-state index in [0.717, 1.165) is 6.42 Å². The fourth-order valence-corrected chi connectivity index (χ4v) is 1.63. The Labute approximate surface area is 85.3 Å². The van der Waals surface area contributed by atoms with Crippen molar-refractivity contribution in [3.63, 3.8) is 0 Å². The van der Waals surface area contributed by atoms with Crippen molar-refractivity contribution in [3.05, 3.63) is 65.8 Å². The van der Waals surface area contributed by atoms with Crippen LogP contribution >= 0.6 is 0 Å². The molecule has 1 aliphatic carbocycles. The van der Waals surface area contributed by atoms with Gasteiger partial charge in [-0.1, -0.05) is 55.5 Å². The van der Waals surface area contributed by atoms with Crippen LogP contribution in [0.15, 0.2) is 60.2 Å². The van der Waals surface area contributed by atoms with Crippen LogP contribution in [0.3, 0.4) is 0 Å². The fraction of sp³-hybridized carbons (Fsp3) is 0.143. The molecule has 0 heterocycles. The second kappa shape index (κ2) is 4.10. The molecule has 0 spiro atoms. The summed E-state index contributed by atoms with van der Waals surface area (Å²) >= 11 is 0. The number of rotatable bonds is 2. The molecule has 70 valence electrons. The Bertz CT molecular complexity index is 391. The van der Waals surface area contributed by atoms with Crippen LogP contribution in [0.25, 0.3) is 5.57 Å². The van der Waals surface area contributed by atoms with Crippen molar-refractivity contribution in [2.24, 2.45) is 0 Å². The van der Waals surface area contributed by atoms with Crippen LogP contribution in [0.4, 0.5) is 0 Å². The Hall–Kier alpha value is -1.56. The number of hydrogen-bond acceptors (Lipinski definition) is 0. The molecule has 0 amide bonds. The lowest BCUT2D eigenvalue weighted by molar-refractivity contribution is 1.21. The zero-order chi connectivity index (χ0) is 9.80. The van der Waals surface area contributed by atoms with Crippen molar-refractivity contribution in [3.8, 4) is 0 Å². The molecule has 0 saturated heterocycles. The standard InChI is InChI=1S/C14H14/c1-2-6-12-9-10-14(11-12)13-7-4-3-5-8-13/h3-11H,2H2,1H3. The maximum absolute atomic E-state index is 2.24. The fourth-order valence-electron chi connectivity index (χ4n) is 1.63. The van der Waals surface area contributed by atoms with Gasteiger partial charge in [0.25, 0.3) is 0 Å². The van der Waals surface area contributed by atoms with Crippen molar-refractivity contribution < 1.29 is 0 Å². The number of allylic oxidation sites excluding steroid dienone is 6. The molecule has 0 nitrogen and oxygen atoms in total. The van der Waals surface area contributed by atoms with Crippen molar-refractivity contribution in [2.45, 2.75) is 13.3 Å². The van der Waals surface area contributed by atoms with Crippen molar-refractivity contribution in [2.75, 3.05) is 0 Å². The molecule has 0 bridgehead atoms. The maximum Gasteiger partial charge on any atom is -0.0178 e. The lowest BCUT2D eigenvalue weighted by atomic mass is 10.1. The van der Waals surface area contributed by atoms with Crippen LogP contribution in [-0.2, 0) is 0 Å². The Balaban J connectivity index is 2.28. The number of benzene rings is 1. The highest BCUT2D eigenvalue weighted by atomic mass is 14.1. The van der Waals surface area contributed by atoms with Crippen LogP contribution in [0.5, 0.6) is 0 Å². The topological polar surface area (TPSA) is 0 Å². The average Bonchev–Trinajstić information content (AvgIpc) is 2.68. The molecule has 0 aromatic heterocycles. The number of hydrogen-bond donors (Lipinski definition) is 0. The summed E-state index contributed by atoms with van der Waals surface area (Å²) in [5, 5.41) is 0. The van der Waals surface area contributed by atoms with Gasteiger partial charge >= 0.3 is 0 Å². The third-order valence-electron chi connectivity index (χ3n) is 2.32. The van der Waals surface area contributed by atoms with E-state index in [1.54, 1.807) is 0 Å². The van der Waals surface area contributed by atoms with Gasteiger partial charge in [-0.05, 0) is 29.2 Å². The summed E-state index contributed by atoms with van der Waals surface area (Å²) in [5.41, 5.74) is 3.93. The molecule has 1 aliphatic rings. The molecule has 0 N–H and O–H groups in total. The van der Waals surface area contributed by atoms with Gasteiger partial charge < -0.3 is 0 Å². The molecule has 2 rings (SSSR count). The third kappa shape index (κ3) is 1.85. The van der Waals surface area contributed by atoms with E-state index in [1.165, 1.54) is 16.7 Å². The van der Waals surface area contributed by atoms with Crippen LogP contribution in [0, 0.1) is 0 Å². The van der Waals surface area contributed by atoms with Gasteiger partial charge in [-0.15, -0.1) is 0 Å². The molecule has 0 unspecified atom stereocenters. The highest BCUT2D eigenvalue weighted by Crippen LogP contribution is 2.24. The summed E-state index contributed by atoms with van der Waals surface area (Å²) in [4.78, 5) is 0. The summed E-state index contributed by atoms with van der Waals surface area (Å²) < 4.78 is 0. The summed E-state index contributed by atoms with van der Waals surface area (Å²) in [6, 6.07) is 10.5. The van der Waals surface area contributed by atoms with Crippen LogP contribution in [0.1, 0.15) is 18.9 Å². The van der Waals surface area contributed by atoms with E-state index in [0.29, 0.717) is 0 Å². The summed E-state index contributed by atoms with van der Waals surface area (Å²) in [7, 11) is 0. The van der Waals surface area contributed by atoms with Gasteiger partial charge in [0, 0.05) is 0 Å². The molecule has 0 fully saturated rings. The molecule has 0 heteroatoms. The molecule has 0 radical (unpaired) electrons.